The molecule has 1 saturated heterocycles. The molecular formula is C35H75BrN4O2. The molecule has 4 unspecified atom stereocenters. The summed E-state index contributed by atoms with van der Waals surface area (Å²) in [5.41, 5.74) is 5.96. The number of halogens is 1. The van der Waals surface area contributed by atoms with Gasteiger partial charge in [0.1, 0.15) is 18.6 Å². The Kier molecular flexibility index (Phi) is 27.7. The van der Waals surface area contributed by atoms with Crippen LogP contribution in [0.4, 0.5) is 0 Å². The molecule has 1 aliphatic heterocycles. The first-order valence-corrected chi connectivity index (χ1v) is 18.2. The van der Waals surface area contributed by atoms with Gasteiger partial charge in [-0.1, -0.05) is 117 Å². The van der Waals surface area contributed by atoms with E-state index in [4.69, 9.17) is 21.1 Å². The summed E-state index contributed by atoms with van der Waals surface area (Å²) in [6, 6.07) is 0. The van der Waals surface area contributed by atoms with E-state index < -0.39 is 0 Å². The van der Waals surface area contributed by atoms with Crippen molar-refractivity contribution >= 4 is 0 Å². The number of unbranched alkanes of at least 4 members (excludes halogenated alkanes) is 14. The molecule has 254 valence electrons. The van der Waals surface area contributed by atoms with Crippen molar-refractivity contribution in [1.82, 2.24) is 5.32 Å². The number of piperazine rings is 1. The number of quaternary nitrogens is 1. The predicted molar refractivity (Wildman–Crippen MR) is 178 cm³/mol. The Balaban J connectivity index is 0.0000168. The maximum absolute atomic E-state index is 7.25. The molecule has 6 nitrogen and oxygen atoms in total. The van der Waals surface area contributed by atoms with Crippen LogP contribution in [0.25, 0.3) is 0 Å². The molecule has 0 saturated carbocycles. The van der Waals surface area contributed by atoms with Gasteiger partial charge in [-0.05, 0) is 39.7 Å². The van der Waals surface area contributed by atoms with E-state index in [0.717, 1.165) is 71.5 Å². The lowest BCUT2D eigenvalue weighted by atomic mass is 9.84. The highest BCUT2D eigenvalue weighted by Crippen LogP contribution is 2.32. The average Bonchev–Trinajstić information content (AvgIpc) is 2.96. The van der Waals surface area contributed by atoms with Gasteiger partial charge in [0.15, 0.2) is 0 Å². The molecule has 5 N–H and O–H groups in total. The quantitative estimate of drug-likeness (QED) is 0.0595. The van der Waals surface area contributed by atoms with Gasteiger partial charge in [-0.2, -0.15) is 5.84 Å². The minimum absolute atomic E-state index is 0. The Hall–Kier alpha value is 0.240. The summed E-state index contributed by atoms with van der Waals surface area (Å²) < 4.78 is 13.3. The maximum Gasteiger partial charge on any atom is 0.131 e. The van der Waals surface area contributed by atoms with E-state index in [1.807, 2.05) is 0 Å². The van der Waals surface area contributed by atoms with Gasteiger partial charge < -0.3 is 37.5 Å². The first kappa shape index (κ1) is 42.2. The minimum atomic E-state index is -0.0415. The minimum Gasteiger partial charge on any atom is -1.00 e. The van der Waals surface area contributed by atoms with Crippen molar-refractivity contribution in [2.75, 3.05) is 45.9 Å². The second-order valence-corrected chi connectivity index (χ2v) is 13.4. The summed E-state index contributed by atoms with van der Waals surface area (Å²) in [7, 11) is 0. The molecule has 0 radical (unpaired) electrons. The Morgan fingerprint density at radius 2 is 1.17 bits per heavy atom. The van der Waals surface area contributed by atoms with Crippen LogP contribution >= 0.6 is 0 Å². The molecule has 0 aromatic carbocycles. The summed E-state index contributed by atoms with van der Waals surface area (Å²) in [6.45, 7) is 15.0. The first-order chi connectivity index (χ1) is 19.9. The molecule has 0 bridgehead atoms. The summed E-state index contributed by atoms with van der Waals surface area (Å²) >= 11 is 0. The molecule has 0 amide bonds. The second-order valence-electron chi connectivity index (χ2n) is 13.4. The summed E-state index contributed by atoms with van der Waals surface area (Å²) in [5.74, 6) is 7.25. The number of nitrogens with two attached hydrogens (primary N) is 2. The number of ether oxygens (including phenoxy) is 2. The van der Waals surface area contributed by atoms with Crippen LogP contribution < -0.4 is 33.9 Å². The van der Waals surface area contributed by atoms with Gasteiger partial charge in [0, 0.05) is 19.4 Å². The van der Waals surface area contributed by atoms with Crippen molar-refractivity contribution in [3.05, 3.63) is 0 Å². The number of rotatable bonds is 29. The van der Waals surface area contributed by atoms with E-state index in [0.29, 0.717) is 23.3 Å². The lowest BCUT2D eigenvalue weighted by molar-refractivity contribution is -0.990. The molecule has 1 heterocycles. The van der Waals surface area contributed by atoms with Crippen LogP contribution in [0.15, 0.2) is 0 Å². The van der Waals surface area contributed by atoms with E-state index in [-0.39, 0.29) is 22.5 Å². The molecule has 1 aliphatic rings. The van der Waals surface area contributed by atoms with E-state index >= 15 is 0 Å². The Labute approximate surface area is 273 Å². The number of hydrogen-bond donors (Lipinski definition) is 3. The zero-order chi connectivity index (χ0) is 30.1. The topological polar surface area (TPSA) is 82.5 Å². The highest BCUT2D eigenvalue weighted by molar-refractivity contribution is 4.87. The molecule has 1 rings (SSSR count). The Morgan fingerprint density at radius 3 is 1.67 bits per heavy atom. The smallest absolute Gasteiger partial charge is 0.131 e. The van der Waals surface area contributed by atoms with E-state index in [1.54, 1.807) is 0 Å². The van der Waals surface area contributed by atoms with Crippen molar-refractivity contribution in [2.45, 2.75) is 180 Å². The predicted octanol–water partition coefficient (Wildman–Crippen LogP) is 5.02. The zero-order valence-corrected chi connectivity index (χ0v) is 30.3. The van der Waals surface area contributed by atoms with Crippen molar-refractivity contribution in [1.29, 1.82) is 0 Å². The SMILES string of the molecule is CCCCCCCCCCC(C)OCCC1(CCCN)CNCC[N+]1(N)CCOC(C)CCCCCCCCCC.[Br-]. The largest absolute Gasteiger partial charge is 1.00 e. The number of nitrogens with zero attached hydrogens (tertiary/aromatic N) is 1. The van der Waals surface area contributed by atoms with Gasteiger partial charge in [0.25, 0.3) is 0 Å². The molecule has 0 aromatic rings. The molecule has 1 fully saturated rings. The van der Waals surface area contributed by atoms with Crippen molar-refractivity contribution in [3.63, 3.8) is 0 Å². The van der Waals surface area contributed by atoms with Crippen LogP contribution in [0.5, 0.6) is 0 Å². The molecule has 0 aliphatic carbocycles. The lowest BCUT2D eigenvalue weighted by Gasteiger charge is -2.53. The van der Waals surface area contributed by atoms with Crippen LogP contribution in [0, 0.1) is 0 Å². The third-order valence-electron chi connectivity index (χ3n) is 9.72. The van der Waals surface area contributed by atoms with Crippen molar-refractivity contribution in [2.24, 2.45) is 11.6 Å². The van der Waals surface area contributed by atoms with Crippen LogP contribution in [-0.2, 0) is 9.47 Å². The van der Waals surface area contributed by atoms with Gasteiger partial charge in [0.2, 0.25) is 0 Å². The molecule has 42 heavy (non-hydrogen) atoms. The Morgan fingerprint density at radius 1 is 0.690 bits per heavy atom. The summed E-state index contributed by atoms with van der Waals surface area (Å²) in [5, 5.41) is 3.67. The second kappa shape index (κ2) is 27.5. The molecule has 0 spiro atoms. The number of hydrogen-bond acceptors (Lipinski definition) is 5. The fourth-order valence-electron chi connectivity index (χ4n) is 6.69. The van der Waals surface area contributed by atoms with Crippen LogP contribution in [-0.4, -0.2) is 68.3 Å². The lowest BCUT2D eigenvalue weighted by Crippen LogP contribution is -3.00. The van der Waals surface area contributed by atoms with Crippen molar-refractivity contribution < 1.29 is 31.0 Å². The molecular weight excluding hydrogens is 588 g/mol. The highest BCUT2D eigenvalue weighted by Gasteiger charge is 2.50. The number of nitrogens with one attached hydrogen (secondary N) is 1. The third kappa shape index (κ3) is 18.9. The van der Waals surface area contributed by atoms with Gasteiger partial charge in [-0.25, -0.2) is 4.59 Å². The Bertz CT molecular complexity index is 587. The van der Waals surface area contributed by atoms with Crippen LogP contribution in [0.2, 0.25) is 0 Å². The summed E-state index contributed by atoms with van der Waals surface area (Å²) in [4.78, 5) is 0. The highest BCUT2D eigenvalue weighted by atomic mass is 79.9. The fraction of sp³-hybridized carbons (Fsp3) is 1.00. The van der Waals surface area contributed by atoms with Gasteiger partial charge in [-0.15, -0.1) is 0 Å². The molecule has 7 heteroatoms. The molecule has 0 aromatic heterocycles. The normalized spacial score (nSPS) is 22.1. The van der Waals surface area contributed by atoms with Gasteiger partial charge in [-0.3, -0.25) is 0 Å². The maximum atomic E-state index is 7.25. The molecule has 4 atom stereocenters. The summed E-state index contributed by atoms with van der Waals surface area (Å²) in [6.07, 6.45) is 27.8. The van der Waals surface area contributed by atoms with Crippen LogP contribution in [0.3, 0.4) is 0 Å². The van der Waals surface area contributed by atoms with E-state index in [2.05, 4.69) is 33.0 Å². The van der Waals surface area contributed by atoms with Gasteiger partial charge in [0.05, 0.1) is 32.0 Å². The third-order valence-corrected chi connectivity index (χ3v) is 9.72. The van der Waals surface area contributed by atoms with Crippen LogP contribution in [0.1, 0.15) is 163 Å². The van der Waals surface area contributed by atoms with E-state index in [9.17, 15) is 0 Å². The standard InChI is InChI=1S/C35H75N4O2.BrH/c1-5-7-9-11-13-15-17-19-22-33(3)40-30-25-35(24-21-26-36)32-38-27-28-39(35,37)29-31-41-34(4)23-20-18-16-14-12-10-8-6-2;/h33-34,38H,5-32,36-37H2,1-4H3;1H/q+1;/p-1. The van der Waals surface area contributed by atoms with Crippen molar-refractivity contribution in [3.8, 4) is 0 Å². The van der Waals surface area contributed by atoms with E-state index in [1.165, 1.54) is 103 Å². The van der Waals surface area contributed by atoms with Gasteiger partial charge >= 0.3 is 0 Å². The monoisotopic (exact) mass is 663 g/mol. The zero-order valence-electron chi connectivity index (χ0n) is 28.8. The average molecular weight is 664 g/mol. The first-order valence-electron chi connectivity index (χ1n) is 18.2. The fourth-order valence-corrected chi connectivity index (χ4v) is 6.69.